The van der Waals surface area contributed by atoms with Gasteiger partial charge in [0.05, 0.1) is 18.3 Å². The van der Waals surface area contributed by atoms with E-state index in [0.29, 0.717) is 12.8 Å². The van der Waals surface area contributed by atoms with Gasteiger partial charge >= 0.3 is 5.97 Å². The minimum Gasteiger partial charge on any atom is -0.463 e. The molecule has 1 aliphatic rings. The van der Waals surface area contributed by atoms with E-state index in [2.05, 4.69) is 6.08 Å². The van der Waals surface area contributed by atoms with Gasteiger partial charge in [0.25, 0.3) is 0 Å². The molecule has 1 rings (SSSR count). The number of hydrogen-bond donors (Lipinski definition) is 2. The van der Waals surface area contributed by atoms with Crippen molar-refractivity contribution in [1.29, 1.82) is 0 Å². The van der Waals surface area contributed by atoms with E-state index in [1.54, 1.807) is 0 Å². The zero-order valence-corrected chi connectivity index (χ0v) is 12.8. The Labute approximate surface area is 121 Å². The highest BCUT2D eigenvalue weighted by Gasteiger charge is 2.37. The Morgan fingerprint density at radius 3 is 2.55 bits per heavy atom. The lowest BCUT2D eigenvalue weighted by molar-refractivity contribution is -0.147. The highest BCUT2D eigenvalue weighted by molar-refractivity contribution is 5.69. The predicted molar refractivity (Wildman–Crippen MR) is 78.1 cm³/mol. The van der Waals surface area contributed by atoms with Crippen LogP contribution in [0.25, 0.3) is 0 Å². The molecule has 1 fully saturated rings. The van der Waals surface area contributed by atoms with Crippen LogP contribution in [0, 0.1) is 11.8 Å². The van der Waals surface area contributed by atoms with Gasteiger partial charge in [-0.1, -0.05) is 19.1 Å². The number of carbonyl (C=O) groups excluding carboxylic acids is 1. The minimum absolute atomic E-state index is 0.0465. The summed E-state index contributed by atoms with van der Waals surface area (Å²) >= 11 is 0. The second kappa shape index (κ2) is 8.42. The molecule has 0 amide bonds. The Morgan fingerprint density at radius 1 is 1.30 bits per heavy atom. The molecule has 4 nitrogen and oxygen atoms in total. The number of rotatable bonds is 7. The minimum atomic E-state index is -0.398. The van der Waals surface area contributed by atoms with Crippen molar-refractivity contribution in [2.75, 3.05) is 0 Å². The van der Waals surface area contributed by atoms with Crippen molar-refractivity contribution in [3.05, 3.63) is 12.2 Å². The molecular weight excluding hydrogens is 256 g/mol. The van der Waals surface area contributed by atoms with Crippen molar-refractivity contribution in [2.45, 2.75) is 71.2 Å². The fraction of sp³-hybridized carbons (Fsp3) is 0.812. The van der Waals surface area contributed by atoms with Crippen LogP contribution < -0.4 is 0 Å². The molecule has 0 radical (unpaired) electrons. The molecule has 4 heteroatoms. The summed E-state index contributed by atoms with van der Waals surface area (Å²) < 4.78 is 5.05. The van der Waals surface area contributed by atoms with Crippen LogP contribution in [0.15, 0.2) is 12.2 Å². The SMILES string of the molecule is CC(C)OC(=O)CCC/C=C\C[C@@H]1[C@@H](C)[C@H](O)C[C@@H]1O. The number of unbranched alkanes of at least 4 members (excludes halogenated alkanes) is 1. The first-order valence-electron chi connectivity index (χ1n) is 7.62. The van der Waals surface area contributed by atoms with Crippen molar-refractivity contribution >= 4 is 5.97 Å². The molecule has 2 N–H and O–H groups in total. The van der Waals surface area contributed by atoms with Crippen LogP contribution in [-0.4, -0.2) is 34.5 Å². The summed E-state index contributed by atoms with van der Waals surface area (Å²) in [5.74, 6) is 0.152. The topological polar surface area (TPSA) is 66.8 Å². The molecule has 0 aromatic heterocycles. The third-order valence-electron chi connectivity index (χ3n) is 3.95. The number of aliphatic hydroxyl groups is 2. The van der Waals surface area contributed by atoms with Gasteiger partial charge in [-0.3, -0.25) is 4.79 Å². The van der Waals surface area contributed by atoms with Gasteiger partial charge in [0, 0.05) is 6.42 Å². The van der Waals surface area contributed by atoms with E-state index in [0.717, 1.165) is 19.3 Å². The molecule has 1 aliphatic carbocycles. The normalized spacial score (nSPS) is 30.3. The van der Waals surface area contributed by atoms with E-state index >= 15 is 0 Å². The summed E-state index contributed by atoms with van der Waals surface area (Å²) in [6, 6.07) is 0. The Morgan fingerprint density at radius 2 is 2.00 bits per heavy atom. The summed E-state index contributed by atoms with van der Waals surface area (Å²) in [4.78, 5) is 11.3. The molecule has 4 atom stereocenters. The van der Waals surface area contributed by atoms with Crippen LogP contribution >= 0.6 is 0 Å². The smallest absolute Gasteiger partial charge is 0.306 e. The monoisotopic (exact) mass is 284 g/mol. The highest BCUT2D eigenvalue weighted by Crippen LogP contribution is 2.34. The molecule has 0 heterocycles. The number of ether oxygens (including phenoxy) is 1. The van der Waals surface area contributed by atoms with E-state index < -0.39 is 6.10 Å². The molecule has 0 spiro atoms. The quantitative estimate of drug-likeness (QED) is 0.428. The average molecular weight is 284 g/mol. The standard InChI is InChI=1S/C16H28O4/c1-11(2)20-16(19)9-7-5-4-6-8-13-12(3)14(17)10-15(13)18/h4,6,11-15,17-18H,5,7-10H2,1-3H3/b6-4-/t12-,13-,14-,15+/m1/s1. The number of aliphatic hydroxyl groups excluding tert-OH is 2. The molecule has 20 heavy (non-hydrogen) atoms. The van der Waals surface area contributed by atoms with Gasteiger partial charge in [-0.15, -0.1) is 0 Å². The maximum atomic E-state index is 11.3. The van der Waals surface area contributed by atoms with Gasteiger partial charge < -0.3 is 14.9 Å². The summed E-state index contributed by atoms with van der Waals surface area (Å²) in [6.07, 6.45) is 6.62. The molecule has 1 saturated carbocycles. The summed E-state index contributed by atoms with van der Waals surface area (Å²) in [6.45, 7) is 5.68. The fourth-order valence-corrected chi connectivity index (χ4v) is 2.70. The van der Waals surface area contributed by atoms with E-state index in [1.165, 1.54) is 0 Å². The van der Waals surface area contributed by atoms with E-state index in [9.17, 15) is 15.0 Å². The number of carbonyl (C=O) groups is 1. The second-order valence-corrected chi connectivity index (χ2v) is 6.03. The van der Waals surface area contributed by atoms with E-state index in [4.69, 9.17) is 4.74 Å². The Kier molecular flexibility index (Phi) is 7.24. The first kappa shape index (κ1) is 17.2. The van der Waals surface area contributed by atoms with Gasteiger partial charge in [-0.05, 0) is 51.4 Å². The highest BCUT2D eigenvalue weighted by atomic mass is 16.5. The largest absolute Gasteiger partial charge is 0.463 e. The fourth-order valence-electron chi connectivity index (χ4n) is 2.70. The Hall–Kier alpha value is -0.870. The maximum absolute atomic E-state index is 11.3. The zero-order chi connectivity index (χ0) is 15.1. The van der Waals surface area contributed by atoms with Crippen LogP contribution in [0.4, 0.5) is 0 Å². The van der Waals surface area contributed by atoms with Crippen LogP contribution in [0.1, 0.15) is 52.9 Å². The predicted octanol–water partition coefficient (Wildman–Crippen LogP) is 2.43. The van der Waals surface area contributed by atoms with Gasteiger partial charge in [0.2, 0.25) is 0 Å². The van der Waals surface area contributed by atoms with Gasteiger partial charge in [0.15, 0.2) is 0 Å². The summed E-state index contributed by atoms with van der Waals surface area (Å²) in [7, 11) is 0. The molecule has 0 aromatic carbocycles. The van der Waals surface area contributed by atoms with Crippen LogP contribution in [0.3, 0.4) is 0 Å². The maximum Gasteiger partial charge on any atom is 0.306 e. The first-order valence-corrected chi connectivity index (χ1v) is 7.62. The number of hydrogen-bond acceptors (Lipinski definition) is 4. The lowest BCUT2D eigenvalue weighted by Crippen LogP contribution is -2.18. The lowest BCUT2D eigenvalue weighted by atomic mass is 9.92. The van der Waals surface area contributed by atoms with Crippen molar-refractivity contribution in [2.24, 2.45) is 11.8 Å². The molecule has 0 saturated heterocycles. The first-order chi connectivity index (χ1) is 9.41. The molecule has 0 aliphatic heterocycles. The van der Waals surface area contributed by atoms with E-state index in [1.807, 2.05) is 26.8 Å². The third-order valence-corrected chi connectivity index (χ3v) is 3.95. The Balaban J connectivity index is 2.15. The van der Waals surface area contributed by atoms with Crippen LogP contribution in [0.5, 0.6) is 0 Å². The lowest BCUT2D eigenvalue weighted by Gasteiger charge is -2.17. The van der Waals surface area contributed by atoms with Crippen LogP contribution in [0.2, 0.25) is 0 Å². The Bertz CT molecular complexity index is 324. The third kappa shape index (κ3) is 5.63. The zero-order valence-electron chi connectivity index (χ0n) is 12.8. The van der Waals surface area contributed by atoms with Gasteiger partial charge in [0.1, 0.15) is 0 Å². The summed E-state index contributed by atoms with van der Waals surface area (Å²) in [5, 5.41) is 19.5. The van der Waals surface area contributed by atoms with E-state index in [-0.39, 0.29) is 30.0 Å². The van der Waals surface area contributed by atoms with Crippen molar-refractivity contribution < 1.29 is 19.7 Å². The number of esters is 1. The average Bonchev–Trinajstić information content (AvgIpc) is 2.58. The molecule has 0 bridgehead atoms. The molecular formula is C16H28O4. The van der Waals surface area contributed by atoms with Gasteiger partial charge in [-0.25, -0.2) is 0 Å². The number of allylic oxidation sites excluding steroid dienone is 2. The second-order valence-electron chi connectivity index (χ2n) is 6.03. The van der Waals surface area contributed by atoms with Crippen molar-refractivity contribution in [3.8, 4) is 0 Å². The van der Waals surface area contributed by atoms with Gasteiger partial charge in [-0.2, -0.15) is 0 Å². The molecule has 0 unspecified atom stereocenters. The summed E-state index contributed by atoms with van der Waals surface area (Å²) in [5.41, 5.74) is 0. The van der Waals surface area contributed by atoms with Crippen molar-refractivity contribution in [1.82, 2.24) is 0 Å². The van der Waals surface area contributed by atoms with Crippen molar-refractivity contribution in [3.63, 3.8) is 0 Å². The van der Waals surface area contributed by atoms with Crippen LogP contribution in [-0.2, 0) is 9.53 Å². The molecule has 116 valence electrons. The molecule has 0 aromatic rings.